The molecule has 11 heteroatoms. The molecule has 5 N–H and O–H groups in total. The first-order chi connectivity index (χ1) is 15.2. The number of aliphatic carboxylic acids is 2. The molecule has 2 unspecified atom stereocenters. The number of aryl methyl sites for hydroxylation is 1. The average molecular weight is 504 g/mol. The van der Waals surface area contributed by atoms with E-state index in [1.807, 2.05) is 12.1 Å². The van der Waals surface area contributed by atoms with Crippen molar-refractivity contribution in [2.24, 2.45) is 5.92 Å². The molecule has 0 spiro atoms. The summed E-state index contributed by atoms with van der Waals surface area (Å²) in [5, 5.41) is 33.6. The number of hydrogen-bond acceptors (Lipinski definition) is 7. The number of nitrogens with one attached hydrogen (secondary N) is 2. The summed E-state index contributed by atoms with van der Waals surface area (Å²) in [7, 11) is 0. The van der Waals surface area contributed by atoms with Crippen molar-refractivity contribution in [2.75, 3.05) is 11.9 Å². The van der Waals surface area contributed by atoms with Crippen molar-refractivity contribution in [1.29, 1.82) is 0 Å². The van der Waals surface area contributed by atoms with Gasteiger partial charge in [-0.05, 0) is 6.42 Å². The maximum atomic E-state index is 12.3. The first-order valence-electron chi connectivity index (χ1n) is 10.2. The minimum Gasteiger partial charge on any atom is -0.480 e. The number of rotatable bonds is 9. The number of carbonyl (C=O) groups excluding carboxylic acids is 1. The summed E-state index contributed by atoms with van der Waals surface area (Å²) >= 11 is 1.25. The number of amides is 1. The van der Waals surface area contributed by atoms with Crippen molar-refractivity contribution in [3.05, 3.63) is 41.0 Å². The van der Waals surface area contributed by atoms with Crippen LogP contribution in [0.4, 0.5) is 5.82 Å². The van der Waals surface area contributed by atoms with Gasteiger partial charge in [-0.25, -0.2) is 4.79 Å². The van der Waals surface area contributed by atoms with Crippen molar-refractivity contribution >= 4 is 45.1 Å². The summed E-state index contributed by atoms with van der Waals surface area (Å²) in [6.07, 6.45) is 1.80. The number of carboxylic acid groups (broad SMARTS) is 2. The molecule has 32 heavy (non-hydrogen) atoms. The number of benzene rings is 1. The molecule has 170 valence electrons. The largest absolute Gasteiger partial charge is 0.480 e. The topological polar surface area (TPSA) is 162 Å². The first-order valence-corrected chi connectivity index (χ1v) is 11.4. The summed E-state index contributed by atoms with van der Waals surface area (Å²) in [6.45, 7) is 0.753. The van der Waals surface area contributed by atoms with Gasteiger partial charge in [-0.3, -0.25) is 9.59 Å². The molecular formula is C21H25AsN4O6. The average Bonchev–Trinajstić information content (AvgIpc) is 2.75. The monoisotopic (exact) mass is 504 g/mol. The Kier molecular flexibility index (Phi) is 7.69. The Morgan fingerprint density at radius 2 is 1.91 bits per heavy atom. The Labute approximate surface area is 193 Å². The van der Waals surface area contributed by atoms with Crippen LogP contribution in [0.3, 0.4) is 0 Å². The zero-order valence-electron chi connectivity index (χ0n) is 17.2. The Bertz CT molecular complexity index is 1010. The van der Waals surface area contributed by atoms with E-state index < -0.39 is 23.9 Å². The second-order valence-electron chi connectivity index (χ2n) is 7.72. The summed E-state index contributed by atoms with van der Waals surface area (Å²) in [5.41, 5.74) is 2.08. The van der Waals surface area contributed by atoms with Gasteiger partial charge in [0.2, 0.25) is 0 Å². The molecule has 0 saturated heterocycles. The van der Waals surface area contributed by atoms with E-state index in [9.17, 15) is 24.6 Å². The third-order valence-corrected chi connectivity index (χ3v) is 5.90. The van der Waals surface area contributed by atoms with Gasteiger partial charge in [0, 0.05) is 6.42 Å². The fourth-order valence-electron chi connectivity index (χ4n) is 3.59. The third kappa shape index (κ3) is 6.20. The molecule has 2 heterocycles. The zero-order valence-corrected chi connectivity index (χ0v) is 19.7. The normalized spacial score (nSPS) is 15.8. The van der Waals surface area contributed by atoms with E-state index in [0.29, 0.717) is 28.3 Å². The maximum absolute atomic E-state index is 12.3. The molecule has 0 bridgehead atoms. The number of hydrogen-bond donors (Lipinski definition) is 5. The van der Waals surface area contributed by atoms with Crippen LogP contribution in [0.25, 0.3) is 0 Å². The molecule has 1 aromatic heterocycles. The Hall–Kier alpha value is -3.13. The third-order valence-electron chi connectivity index (χ3n) is 5.36. The number of fused-ring (bicyclic) bond motifs is 1. The first kappa shape index (κ1) is 23.5. The maximum Gasteiger partial charge on any atom is 0.326 e. The fraction of sp³-hybridized carbons (Fsp3) is 0.381. The van der Waals surface area contributed by atoms with E-state index in [0.717, 1.165) is 30.5 Å². The quantitative estimate of drug-likeness (QED) is 0.289. The number of aromatic nitrogens is 2. The van der Waals surface area contributed by atoms with E-state index in [4.69, 9.17) is 5.11 Å². The van der Waals surface area contributed by atoms with Crippen LogP contribution in [0.15, 0.2) is 24.3 Å². The van der Waals surface area contributed by atoms with Crippen molar-refractivity contribution in [3.8, 4) is 5.88 Å². The van der Waals surface area contributed by atoms with Crippen molar-refractivity contribution < 1.29 is 29.7 Å². The SMILES string of the molecule is O=C(O)CC[C@H](NC(=O)c1ccc(CCC2CNc3nc([AsH2])nc(O)c3C2)cc1)C(=O)O. The molecule has 0 fully saturated rings. The van der Waals surface area contributed by atoms with E-state index in [2.05, 4.69) is 20.6 Å². The molecule has 0 radical (unpaired) electrons. The van der Waals surface area contributed by atoms with Gasteiger partial charge >= 0.3 is 138 Å². The van der Waals surface area contributed by atoms with Crippen LogP contribution in [0.2, 0.25) is 0 Å². The summed E-state index contributed by atoms with van der Waals surface area (Å²) in [5.74, 6) is -1.92. The van der Waals surface area contributed by atoms with Crippen LogP contribution in [-0.2, 0) is 22.4 Å². The molecule has 10 nitrogen and oxygen atoms in total. The smallest absolute Gasteiger partial charge is 0.326 e. The van der Waals surface area contributed by atoms with Gasteiger partial charge in [-0.2, -0.15) is 0 Å². The summed E-state index contributed by atoms with van der Waals surface area (Å²) < 4.78 is 0.584. The molecule has 3 atom stereocenters. The molecule has 1 aliphatic rings. The minimum absolute atomic E-state index is 0.0324. The molecule has 0 aliphatic carbocycles. The van der Waals surface area contributed by atoms with Crippen LogP contribution in [0, 0.1) is 5.92 Å². The second-order valence-corrected chi connectivity index (χ2v) is 8.80. The molecule has 0 saturated carbocycles. The summed E-state index contributed by atoms with van der Waals surface area (Å²) in [6, 6.07) is 5.62. The standard InChI is InChI=1S/C21H25AsN4O6/c22-21-25-17-14(19(30)26-21)9-12(10-23-17)2-1-11-3-5-13(6-4-11)18(29)24-15(20(31)32)7-8-16(27)28/h3-6,12,15H,1-2,7-10,22H2,(H,24,29)(H,27,28)(H,31,32)(H2,23,25,26,30)/t12?,15-/m0/s1. The van der Waals surface area contributed by atoms with Crippen molar-refractivity contribution in [3.63, 3.8) is 0 Å². The van der Waals surface area contributed by atoms with E-state index in [1.165, 1.54) is 16.9 Å². The van der Waals surface area contributed by atoms with Gasteiger partial charge in [-0.1, -0.05) is 0 Å². The summed E-state index contributed by atoms with van der Waals surface area (Å²) in [4.78, 5) is 42.6. The molecule has 3 rings (SSSR count). The Balaban J connectivity index is 1.54. The number of carboxylic acids is 2. The Morgan fingerprint density at radius 3 is 2.56 bits per heavy atom. The zero-order chi connectivity index (χ0) is 23.3. The van der Waals surface area contributed by atoms with Crippen LogP contribution in [0.1, 0.15) is 40.7 Å². The van der Waals surface area contributed by atoms with Crippen molar-refractivity contribution in [2.45, 2.75) is 38.1 Å². The molecular weight excluding hydrogens is 479 g/mol. The number of aromatic hydroxyl groups is 1. The van der Waals surface area contributed by atoms with E-state index in [1.54, 1.807) is 12.1 Å². The van der Waals surface area contributed by atoms with Gasteiger partial charge in [-0.15, -0.1) is 0 Å². The van der Waals surface area contributed by atoms with Crippen LogP contribution in [-0.4, -0.2) is 72.6 Å². The van der Waals surface area contributed by atoms with Gasteiger partial charge in [0.1, 0.15) is 6.04 Å². The van der Waals surface area contributed by atoms with Crippen molar-refractivity contribution in [1.82, 2.24) is 15.3 Å². The number of carbonyl (C=O) groups is 3. The molecule has 2 aromatic rings. The minimum atomic E-state index is -1.27. The van der Waals surface area contributed by atoms with Gasteiger partial charge in [0.05, 0.1) is 0 Å². The fourth-order valence-corrected chi connectivity index (χ4v) is 4.12. The number of anilines is 1. The van der Waals surface area contributed by atoms with Crippen LogP contribution in [0.5, 0.6) is 5.88 Å². The predicted molar refractivity (Wildman–Crippen MR) is 118 cm³/mol. The van der Waals surface area contributed by atoms with Gasteiger partial charge in [0.25, 0.3) is 5.91 Å². The molecule has 1 aliphatic heterocycles. The second kappa shape index (κ2) is 10.5. The predicted octanol–water partition coefficient (Wildman–Crippen LogP) is -0.295. The Morgan fingerprint density at radius 1 is 1.19 bits per heavy atom. The van der Waals surface area contributed by atoms with Gasteiger partial charge in [0.15, 0.2) is 0 Å². The van der Waals surface area contributed by atoms with Gasteiger partial charge < -0.3 is 15.5 Å². The van der Waals surface area contributed by atoms with E-state index in [-0.39, 0.29) is 18.7 Å². The number of nitrogens with zero attached hydrogens (tertiary/aromatic N) is 2. The van der Waals surface area contributed by atoms with Crippen LogP contribution >= 0.6 is 0 Å². The van der Waals surface area contributed by atoms with E-state index >= 15 is 0 Å². The molecule has 1 amide bonds. The molecule has 1 aromatic carbocycles. The van der Waals surface area contributed by atoms with Crippen LogP contribution < -0.4 is 15.2 Å².